The Balaban J connectivity index is 2.42. The van der Waals surface area contributed by atoms with Gasteiger partial charge >= 0.3 is 0 Å². The van der Waals surface area contributed by atoms with E-state index in [1.807, 2.05) is 19.5 Å². The van der Waals surface area contributed by atoms with Gasteiger partial charge in [-0.25, -0.2) is 0 Å². The quantitative estimate of drug-likeness (QED) is 0.771. The first-order valence-corrected chi connectivity index (χ1v) is 5.09. The minimum absolute atomic E-state index is 0.394. The van der Waals surface area contributed by atoms with Gasteiger partial charge in [-0.05, 0) is 16.6 Å². The lowest BCUT2D eigenvalue weighted by atomic mass is 10.3. The summed E-state index contributed by atoms with van der Waals surface area (Å²) >= 11 is 1.42. The van der Waals surface area contributed by atoms with E-state index < -0.39 is 0 Å². The van der Waals surface area contributed by atoms with Crippen LogP contribution in [-0.4, -0.2) is 24.2 Å². The molecule has 0 atom stereocenters. The maximum atomic E-state index is 8.84. The molecular formula is C9H8N4OS. The maximum absolute atomic E-state index is 8.84. The minimum Gasteiger partial charge on any atom is -0.344 e. The van der Waals surface area contributed by atoms with Gasteiger partial charge in [0.05, 0.1) is 5.56 Å². The lowest BCUT2D eigenvalue weighted by Gasteiger charge is -2.02. The van der Waals surface area contributed by atoms with Gasteiger partial charge in [0.25, 0.3) is 11.8 Å². The molecule has 0 amide bonds. The summed E-state index contributed by atoms with van der Waals surface area (Å²) in [7, 11) is 3.66. The lowest BCUT2D eigenvalue weighted by molar-refractivity contribution is 0.431. The number of hydrogen-bond acceptors (Lipinski definition) is 6. The fourth-order valence-electron chi connectivity index (χ4n) is 1.05. The van der Waals surface area contributed by atoms with Crippen LogP contribution in [0.2, 0.25) is 0 Å². The third kappa shape index (κ3) is 1.69. The molecule has 0 aliphatic heterocycles. The van der Waals surface area contributed by atoms with Gasteiger partial charge in [0.15, 0.2) is 0 Å². The third-order valence-electron chi connectivity index (χ3n) is 1.80. The standard InChI is InChI=1S/C9H8N4OS/c1-13(2)9-11-8(14-12-9)7-6(5-10)3-4-15-7/h3-4H,1-2H3. The molecule has 2 rings (SSSR count). The number of thiophene rings is 1. The van der Waals surface area contributed by atoms with Gasteiger partial charge in [0.2, 0.25) is 0 Å². The second kappa shape index (κ2) is 3.71. The molecular weight excluding hydrogens is 212 g/mol. The fraction of sp³-hybridized carbons (Fsp3) is 0.222. The van der Waals surface area contributed by atoms with Crippen LogP contribution in [0, 0.1) is 11.3 Å². The number of anilines is 1. The molecule has 6 heteroatoms. The van der Waals surface area contributed by atoms with Gasteiger partial charge in [-0.15, -0.1) is 11.3 Å². The van der Waals surface area contributed by atoms with Crippen LogP contribution in [0.5, 0.6) is 0 Å². The van der Waals surface area contributed by atoms with Crippen molar-refractivity contribution in [1.82, 2.24) is 10.1 Å². The van der Waals surface area contributed by atoms with Crippen molar-refractivity contribution in [1.29, 1.82) is 5.26 Å². The number of nitrogens with zero attached hydrogens (tertiary/aromatic N) is 4. The molecule has 0 N–H and O–H groups in total. The molecule has 0 radical (unpaired) electrons. The zero-order valence-electron chi connectivity index (χ0n) is 8.26. The molecule has 0 bridgehead atoms. The van der Waals surface area contributed by atoms with Crippen molar-refractivity contribution in [3.8, 4) is 16.8 Å². The van der Waals surface area contributed by atoms with Gasteiger partial charge in [0, 0.05) is 14.1 Å². The maximum Gasteiger partial charge on any atom is 0.270 e. The van der Waals surface area contributed by atoms with Crippen LogP contribution >= 0.6 is 11.3 Å². The van der Waals surface area contributed by atoms with E-state index in [0.717, 1.165) is 4.88 Å². The molecule has 0 aromatic carbocycles. The molecule has 0 aliphatic carbocycles. The molecule has 15 heavy (non-hydrogen) atoms. The van der Waals surface area contributed by atoms with Gasteiger partial charge < -0.3 is 9.42 Å². The highest BCUT2D eigenvalue weighted by Gasteiger charge is 2.14. The molecule has 0 unspecified atom stereocenters. The largest absolute Gasteiger partial charge is 0.344 e. The van der Waals surface area contributed by atoms with Crippen LogP contribution < -0.4 is 4.90 Å². The molecule has 76 valence electrons. The SMILES string of the molecule is CN(C)c1noc(-c2sccc2C#N)n1. The topological polar surface area (TPSA) is 66.0 Å². The van der Waals surface area contributed by atoms with Crippen LogP contribution in [0.1, 0.15) is 5.56 Å². The zero-order valence-corrected chi connectivity index (χ0v) is 9.08. The van der Waals surface area contributed by atoms with E-state index in [0.29, 0.717) is 17.4 Å². The third-order valence-corrected chi connectivity index (χ3v) is 2.70. The first kappa shape index (κ1) is 9.68. The van der Waals surface area contributed by atoms with E-state index in [2.05, 4.69) is 16.2 Å². The summed E-state index contributed by atoms with van der Waals surface area (Å²) in [6.45, 7) is 0. The molecule has 5 nitrogen and oxygen atoms in total. The lowest BCUT2D eigenvalue weighted by Crippen LogP contribution is -2.09. The Morgan fingerprint density at radius 2 is 2.33 bits per heavy atom. The molecule has 2 heterocycles. The predicted octanol–water partition coefficient (Wildman–Crippen LogP) is 1.74. The molecule has 0 spiro atoms. The van der Waals surface area contributed by atoms with E-state index in [1.54, 1.807) is 11.0 Å². The Hall–Kier alpha value is -1.87. The van der Waals surface area contributed by atoms with Crippen LogP contribution in [0.4, 0.5) is 5.95 Å². The average Bonchev–Trinajstić information content (AvgIpc) is 2.85. The minimum atomic E-state index is 0.394. The highest BCUT2D eigenvalue weighted by molar-refractivity contribution is 7.13. The van der Waals surface area contributed by atoms with Gasteiger partial charge in [-0.2, -0.15) is 10.2 Å². The normalized spacial score (nSPS) is 9.93. The van der Waals surface area contributed by atoms with Crippen molar-refractivity contribution in [2.24, 2.45) is 0 Å². The number of aromatic nitrogens is 2. The second-order valence-corrected chi connectivity index (χ2v) is 3.99. The van der Waals surface area contributed by atoms with Crippen molar-refractivity contribution in [2.45, 2.75) is 0 Å². The van der Waals surface area contributed by atoms with Crippen LogP contribution in [0.3, 0.4) is 0 Å². The summed E-state index contributed by atoms with van der Waals surface area (Å²) in [5.74, 6) is 0.896. The van der Waals surface area contributed by atoms with Gasteiger partial charge in [-0.1, -0.05) is 0 Å². The summed E-state index contributed by atoms with van der Waals surface area (Å²) < 4.78 is 5.07. The van der Waals surface area contributed by atoms with Crippen molar-refractivity contribution >= 4 is 17.3 Å². The first-order chi connectivity index (χ1) is 7.22. The summed E-state index contributed by atoms with van der Waals surface area (Å²) in [6.07, 6.45) is 0. The average molecular weight is 220 g/mol. The highest BCUT2D eigenvalue weighted by Crippen LogP contribution is 2.28. The van der Waals surface area contributed by atoms with E-state index in [-0.39, 0.29) is 0 Å². The van der Waals surface area contributed by atoms with Crippen LogP contribution in [0.15, 0.2) is 16.0 Å². The number of hydrogen-bond donors (Lipinski definition) is 0. The predicted molar refractivity (Wildman–Crippen MR) is 56.7 cm³/mol. The Kier molecular flexibility index (Phi) is 2.39. The van der Waals surface area contributed by atoms with E-state index >= 15 is 0 Å². The smallest absolute Gasteiger partial charge is 0.270 e. The number of nitriles is 1. The molecule has 0 aliphatic rings. The van der Waals surface area contributed by atoms with E-state index in [9.17, 15) is 0 Å². The van der Waals surface area contributed by atoms with Crippen LogP contribution in [-0.2, 0) is 0 Å². The van der Waals surface area contributed by atoms with Gasteiger partial charge in [0.1, 0.15) is 10.9 Å². The monoisotopic (exact) mass is 220 g/mol. The Bertz CT molecular complexity index is 508. The van der Waals surface area contributed by atoms with Crippen LogP contribution in [0.25, 0.3) is 10.8 Å². The summed E-state index contributed by atoms with van der Waals surface area (Å²) in [4.78, 5) is 6.63. The molecule has 0 saturated heterocycles. The van der Waals surface area contributed by atoms with E-state index in [1.165, 1.54) is 11.3 Å². The summed E-state index contributed by atoms with van der Waals surface area (Å²) in [5, 5.41) is 14.5. The zero-order chi connectivity index (χ0) is 10.8. The summed E-state index contributed by atoms with van der Waals surface area (Å²) in [6, 6.07) is 3.82. The van der Waals surface area contributed by atoms with Gasteiger partial charge in [-0.3, -0.25) is 0 Å². The highest BCUT2D eigenvalue weighted by atomic mass is 32.1. The fourth-order valence-corrected chi connectivity index (χ4v) is 1.82. The molecule has 2 aromatic heterocycles. The van der Waals surface area contributed by atoms with Crippen molar-refractivity contribution in [3.05, 3.63) is 17.0 Å². The second-order valence-electron chi connectivity index (χ2n) is 3.07. The van der Waals surface area contributed by atoms with Crippen molar-refractivity contribution in [3.63, 3.8) is 0 Å². The molecule has 0 saturated carbocycles. The Morgan fingerprint density at radius 1 is 1.53 bits per heavy atom. The van der Waals surface area contributed by atoms with Crippen molar-refractivity contribution < 1.29 is 4.52 Å². The molecule has 0 fully saturated rings. The Labute approximate surface area is 90.6 Å². The molecule has 2 aromatic rings. The summed E-state index contributed by atoms with van der Waals surface area (Å²) in [5.41, 5.74) is 0.564. The first-order valence-electron chi connectivity index (χ1n) is 4.21. The van der Waals surface area contributed by atoms with Crippen molar-refractivity contribution in [2.75, 3.05) is 19.0 Å². The van der Waals surface area contributed by atoms with E-state index in [4.69, 9.17) is 9.78 Å². The Morgan fingerprint density at radius 3 is 2.93 bits per heavy atom. The number of rotatable bonds is 2.